The van der Waals surface area contributed by atoms with Crippen molar-refractivity contribution in [2.45, 2.75) is 38.5 Å². The first kappa shape index (κ1) is 25.1. The van der Waals surface area contributed by atoms with Crippen molar-refractivity contribution in [3.63, 3.8) is 0 Å². The van der Waals surface area contributed by atoms with Gasteiger partial charge in [-0.2, -0.15) is 5.10 Å². The molecule has 2 N–H and O–H groups in total. The van der Waals surface area contributed by atoms with Crippen LogP contribution in [-0.4, -0.2) is 63.6 Å². The van der Waals surface area contributed by atoms with Crippen LogP contribution in [0, 0.1) is 6.92 Å². The lowest BCUT2D eigenvalue weighted by molar-refractivity contribution is -0.123. The normalized spacial score (nSPS) is 18.1. The van der Waals surface area contributed by atoms with E-state index in [4.69, 9.17) is 0 Å². The van der Waals surface area contributed by atoms with Crippen LogP contribution in [0.2, 0.25) is 0 Å². The quantitative estimate of drug-likeness (QED) is 0.589. The molecule has 36 heavy (non-hydrogen) atoms. The predicted molar refractivity (Wildman–Crippen MR) is 136 cm³/mol. The highest BCUT2D eigenvalue weighted by Crippen LogP contribution is 2.24. The first-order chi connectivity index (χ1) is 17.5. The lowest BCUT2D eigenvalue weighted by Crippen LogP contribution is -2.42. The second kappa shape index (κ2) is 12.1. The summed E-state index contributed by atoms with van der Waals surface area (Å²) in [4.78, 5) is 44.5. The van der Waals surface area contributed by atoms with E-state index in [1.54, 1.807) is 10.9 Å². The summed E-state index contributed by atoms with van der Waals surface area (Å²) in [6.45, 7) is 3.00. The van der Waals surface area contributed by atoms with Gasteiger partial charge in [-0.1, -0.05) is 36.4 Å². The summed E-state index contributed by atoms with van der Waals surface area (Å²) >= 11 is 0. The zero-order chi connectivity index (χ0) is 25.3. The van der Waals surface area contributed by atoms with Gasteiger partial charge in [0.25, 0.3) is 5.91 Å². The van der Waals surface area contributed by atoms with E-state index in [2.05, 4.69) is 32.8 Å². The van der Waals surface area contributed by atoms with E-state index in [-0.39, 0.29) is 30.2 Å². The van der Waals surface area contributed by atoms with Gasteiger partial charge in [0.2, 0.25) is 11.8 Å². The molecule has 3 amide bonds. The molecule has 1 fully saturated rings. The third-order valence-electron chi connectivity index (χ3n) is 6.46. The van der Waals surface area contributed by atoms with Gasteiger partial charge in [0, 0.05) is 32.3 Å². The summed E-state index contributed by atoms with van der Waals surface area (Å²) in [5, 5.41) is 10.3. The SMILES string of the molecule is Cc1c(C(=O)N2CCCNC(=O)CCC(c3ccccc3)CCNC(=O)C2)cnn1-c1ccccn1. The number of aromatic nitrogens is 3. The molecule has 1 aromatic carbocycles. The van der Waals surface area contributed by atoms with Gasteiger partial charge in [0.1, 0.15) is 0 Å². The highest BCUT2D eigenvalue weighted by atomic mass is 16.2. The average Bonchev–Trinajstić information content (AvgIpc) is 3.29. The first-order valence-corrected chi connectivity index (χ1v) is 12.4. The van der Waals surface area contributed by atoms with Crippen LogP contribution in [-0.2, 0) is 9.59 Å². The topological polar surface area (TPSA) is 109 Å². The van der Waals surface area contributed by atoms with Gasteiger partial charge in [0.05, 0.1) is 24.0 Å². The second-order valence-corrected chi connectivity index (χ2v) is 8.96. The number of nitrogens with one attached hydrogen (secondary N) is 2. The molecule has 1 atom stereocenters. The van der Waals surface area contributed by atoms with Gasteiger partial charge in [-0.15, -0.1) is 0 Å². The van der Waals surface area contributed by atoms with Crippen LogP contribution in [0.5, 0.6) is 0 Å². The fourth-order valence-electron chi connectivity index (χ4n) is 4.46. The van der Waals surface area contributed by atoms with Crippen LogP contribution in [0.3, 0.4) is 0 Å². The van der Waals surface area contributed by atoms with E-state index >= 15 is 0 Å². The standard InChI is InChI=1S/C27H32N6O3/c1-20-23(18-31-33(20)24-10-5-6-14-28-24)27(36)32-17-7-15-29-25(34)12-11-22(13-16-30-26(35)19-32)21-8-3-2-4-9-21/h2-6,8-10,14,18,22H,7,11-13,15-17,19H2,1H3,(H,29,34)(H,30,35). The molecular weight excluding hydrogens is 456 g/mol. The predicted octanol–water partition coefficient (Wildman–Crippen LogP) is 2.61. The zero-order valence-electron chi connectivity index (χ0n) is 20.5. The molecule has 1 saturated heterocycles. The third kappa shape index (κ3) is 6.35. The smallest absolute Gasteiger partial charge is 0.257 e. The van der Waals surface area contributed by atoms with Crippen molar-refractivity contribution < 1.29 is 14.4 Å². The number of carbonyl (C=O) groups is 3. The molecule has 0 aliphatic carbocycles. The molecule has 1 unspecified atom stereocenters. The lowest BCUT2D eigenvalue weighted by atomic mass is 9.91. The van der Waals surface area contributed by atoms with E-state index < -0.39 is 0 Å². The van der Waals surface area contributed by atoms with E-state index in [9.17, 15) is 14.4 Å². The summed E-state index contributed by atoms with van der Waals surface area (Å²) in [7, 11) is 0. The Morgan fingerprint density at radius 2 is 1.75 bits per heavy atom. The fraction of sp³-hybridized carbons (Fsp3) is 0.370. The zero-order valence-corrected chi connectivity index (χ0v) is 20.5. The number of benzene rings is 1. The molecule has 1 aliphatic rings. The molecule has 9 heteroatoms. The number of amides is 3. The van der Waals surface area contributed by atoms with Crippen molar-refractivity contribution in [2.75, 3.05) is 26.2 Å². The summed E-state index contributed by atoms with van der Waals surface area (Å²) < 4.78 is 1.61. The van der Waals surface area contributed by atoms with E-state index in [0.717, 1.165) is 12.0 Å². The summed E-state index contributed by atoms with van der Waals surface area (Å²) in [5.41, 5.74) is 2.23. The van der Waals surface area contributed by atoms with Crippen molar-refractivity contribution in [3.05, 3.63) is 77.7 Å². The molecule has 1 aliphatic heterocycles. The monoisotopic (exact) mass is 488 g/mol. The molecule has 3 heterocycles. The van der Waals surface area contributed by atoms with Crippen molar-refractivity contribution >= 4 is 17.7 Å². The Balaban J connectivity index is 1.47. The van der Waals surface area contributed by atoms with Crippen molar-refractivity contribution in [1.29, 1.82) is 0 Å². The average molecular weight is 489 g/mol. The van der Waals surface area contributed by atoms with Crippen LogP contribution < -0.4 is 10.6 Å². The van der Waals surface area contributed by atoms with Gasteiger partial charge in [-0.3, -0.25) is 14.4 Å². The number of rotatable bonds is 3. The Kier molecular flexibility index (Phi) is 8.44. The maximum absolute atomic E-state index is 13.4. The van der Waals surface area contributed by atoms with Crippen LogP contribution in [0.4, 0.5) is 0 Å². The van der Waals surface area contributed by atoms with Gasteiger partial charge >= 0.3 is 0 Å². The minimum Gasteiger partial charge on any atom is -0.356 e. The molecule has 9 nitrogen and oxygen atoms in total. The molecule has 188 valence electrons. The van der Waals surface area contributed by atoms with Crippen molar-refractivity contribution in [1.82, 2.24) is 30.3 Å². The van der Waals surface area contributed by atoms with Crippen LogP contribution in [0.15, 0.2) is 60.9 Å². The molecule has 0 radical (unpaired) electrons. The largest absolute Gasteiger partial charge is 0.356 e. The summed E-state index contributed by atoms with van der Waals surface area (Å²) in [6.07, 6.45) is 5.58. The highest BCUT2D eigenvalue weighted by molar-refractivity contribution is 5.97. The Labute approximate surface area is 210 Å². The molecule has 0 saturated carbocycles. The first-order valence-electron chi connectivity index (χ1n) is 12.4. The Hall–Kier alpha value is -4.01. The van der Waals surface area contributed by atoms with Gasteiger partial charge in [0.15, 0.2) is 5.82 Å². The number of carbonyl (C=O) groups excluding carboxylic acids is 3. The Morgan fingerprint density at radius 3 is 2.53 bits per heavy atom. The molecule has 2 aromatic heterocycles. The van der Waals surface area contributed by atoms with Crippen LogP contribution in [0.1, 0.15) is 53.2 Å². The minimum atomic E-state index is -0.273. The van der Waals surface area contributed by atoms with Crippen molar-refractivity contribution in [3.8, 4) is 5.82 Å². The lowest BCUT2D eigenvalue weighted by Gasteiger charge is -2.24. The Morgan fingerprint density at radius 1 is 0.972 bits per heavy atom. The molecular formula is C27H32N6O3. The maximum Gasteiger partial charge on any atom is 0.257 e. The number of hydrogen-bond donors (Lipinski definition) is 2. The fourth-order valence-corrected chi connectivity index (χ4v) is 4.46. The molecule has 4 rings (SSSR count). The highest BCUT2D eigenvalue weighted by Gasteiger charge is 2.24. The van der Waals surface area contributed by atoms with Gasteiger partial charge in [-0.05, 0) is 49.8 Å². The number of pyridine rings is 1. The number of hydrogen-bond acceptors (Lipinski definition) is 5. The third-order valence-corrected chi connectivity index (χ3v) is 6.46. The van der Waals surface area contributed by atoms with E-state index in [1.165, 1.54) is 11.1 Å². The summed E-state index contributed by atoms with van der Waals surface area (Å²) in [6, 6.07) is 15.5. The van der Waals surface area contributed by atoms with E-state index in [1.807, 2.05) is 43.3 Å². The minimum absolute atomic E-state index is 0.00221. The second-order valence-electron chi connectivity index (χ2n) is 8.96. The maximum atomic E-state index is 13.4. The van der Waals surface area contributed by atoms with Crippen LogP contribution in [0.25, 0.3) is 5.82 Å². The van der Waals surface area contributed by atoms with E-state index in [0.29, 0.717) is 56.0 Å². The van der Waals surface area contributed by atoms with Crippen molar-refractivity contribution in [2.24, 2.45) is 0 Å². The molecule has 3 aromatic rings. The van der Waals surface area contributed by atoms with Gasteiger partial charge < -0.3 is 15.5 Å². The molecule has 0 spiro atoms. The van der Waals surface area contributed by atoms with Crippen LogP contribution >= 0.6 is 0 Å². The number of nitrogens with zero attached hydrogens (tertiary/aromatic N) is 4. The van der Waals surface area contributed by atoms with Gasteiger partial charge in [-0.25, -0.2) is 9.67 Å². The molecule has 0 bridgehead atoms. The Bertz CT molecular complexity index is 1180. The summed E-state index contributed by atoms with van der Waals surface area (Å²) in [5.74, 6) is 0.306.